The molecule has 0 aliphatic carbocycles. The van der Waals surface area contributed by atoms with E-state index in [9.17, 15) is 9.90 Å². The topological polar surface area (TPSA) is 101 Å². The highest BCUT2D eigenvalue weighted by atomic mass is 16.3. The largest absolute Gasteiger partial charge is 0.388 e. The molecule has 27 heavy (non-hydrogen) atoms. The minimum atomic E-state index is -0.101. The first kappa shape index (κ1) is 19.5. The Morgan fingerprint density at radius 1 is 1.26 bits per heavy atom. The number of likely N-dealkylation sites (tertiary alicyclic amines) is 1. The van der Waals surface area contributed by atoms with E-state index in [-0.39, 0.29) is 12.5 Å². The van der Waals surface area contributed by atoms with Crippen molar-refractivity contribution in [1.29, 1.82) is 0 Å². The summed E-state index contributed by atoms with van der Waals surface area (Å²) in [6.07, 6.45) is 1.85. The maximum atomic E-state index is 12.5. The van der Waals surface area contributed by atoms with E-state index in [1.54, 1.807) is 0 Å². The molecule has 9 heteroatoms. The molecule has 0 aromatic carbocycles. The Hall–Kier alpha value is -2.26. The first-order chi connectivity index (χ1) is 12.9. The molecule has 0 saturated carbocycles. The Balaban J connectivity index is 1.54. The third-order valence-electron chi connectivity index (χ3n) is 5.41. The van der Waals surface area contributed by atoms with Gasteiger partial charge in [0.15, 0.2) is 5.82 Å². The second-order valence-electron chi connectivity index (χ2n) is 7.15. The van der Waals surface area contributed by atoms with Crippen molar-refractivity contribution in [3.8, 4) is 0 Å². The molecule has 2 N–H and O–H groups in total. The maximum absolute atomic E-state index is 12.5. The Kier molecular flexibility index (Phi) is 5.91. The van der Waals surface area contributed by atoms with Crippen molar-refractivity contribution in [3.05, 3.63) is 23.0 Å². The fourth-order valence-corrected chi connectivity index (χ4v) is 3.79. The molecule has 0 unspecified atom stereocenters. The number of nitrogens with zero attached hydrogens (tertiary/aromatic N) is 6. The number of carbonyl (C=O) groups excluding carboxylic acids is 1. The highest BCUT2D eigenvalue weighted by molar-refractivity contribution is 5.93. The fraction of sp³-hybridized carbons (Fsp3) is 0.667. The van der Waals surface area contributed by atoms with Crippen molar-refractivity contribution in [2.45, 2.75) is 52.7 Å². The number of aryl methyl sites for hydroxylation is 2. The van der Waals surface area contributed by atoms with Gasteiger partial charge in [0.2, 0.25) is 5.91 Å². The van der Waals surface area contributed by atoms with Crippen LogP contribution in [-0.4, -0.2) is 60.1 Å². The van der Waals surface area contributed by atoms with Crippen LogP contribution in [0.3, 0.4) is 0 Å². The summed E-state index contributed by atoms with van der Waals surface area (Å²) >= 11 is 0. The number of rotatable bonds is 6. The molecular weight excluding hydrogens is 346 g/mol. The van der Waals surface area contributed by atoms with Gasteiger partial charge in [0, 0.05) is 19.5 Å². The number of carbonyl (C=O) groups is 1. The van der Waals surface area contributed by atoms with Gasteiger partial charge < -0.3 is 15.0 Å². The van der Waals surface area contributed by atoms with Crippen LogP contribution in [0, 0.1) is 13.8 Å². The van der Waals surface area contributed by atoms with Crippen LogP contribution < -0.4 is 5.32 Å². The van der Waals surface area contributed by atoms with Crippen molar-refractivity contribution in [3.63, 3.8) is 0 Å². The molecule has 2 aromatic rings. The summed E-state index contributed by atoms with van der Waals surface area (Å²) in [4.78, 5) is 14.7. The van der Waals surface area contributed by atoms with E-state index >= 15 is 0 Å². The van der Waals surface area contributed by atoms with Gasteiger partial charge in [-0.25, -0.2) is 0 Å². The molecule has 1 aliphatic heterocycles. The number of hydrogen-bond acceptors (Lipinski definition) is 6. The minimum absolute atomic E-state index is 0.00321. The van der Waals surface area contributed by atoms with Gasteiger partial charge in [0.25, 0.3) is 0 Å². The van der Waals surface area contributed by atoms with Crippen molar-refractivity contribution in [2.24, 2.45) is 7.05 Å². The van der Waals surface area contributed by atoms with Crippen molar-refractivity contribution >= 4 is 11.6 Å². The molecule has 1 saturated heterocycles. The highest BCUT2D eigenvalue weighted by Crippen LogP contribution is 2.27. The summed E-state index contributed by atoms with van der Waals surface area (Å²) < 4.78 is 3.78. The SMILES string of the molecule is CCn1nc(C)c(NC(=O)CN2CCC(c3nnc(CO)n3C)CC2)c1C. The van der Waals surface area contributed by atoms with Gasteiger partial charge in [-0.2, -0.15) is 5.10 Å². The zero-order valence-electron chi connectivity index (χ0n) is 16.6. The van der Waals surface area contributed by atoms with Gasteiger partial charge in [0.1, 0.15) is 12.4 Å². The van der Waals surface area contributed by atoms with Crippen molar-refractivity contribution in [2.75, 3.05) is 25.0 Å². The van der Waals surface area contributed by atoms with Gasteiger partial charge in [-0.15, -0.1) is 10.2 Å². The Bertz CT molecular complexity index is 803. The van der Waals surface area contributed by atoms with E-state index in [4.69, 9.17) is 0 Å². The first-order valence-corrected chi connectivity index (χ1v) is 9.49. The number of anilines is 1. The highest BCUT2D eigenvalue weighted by Gasteiger charge is 2.26. The van der Waals surface area contributed by atoms with Crippen LogP contribution in [0.1, 0.15) is 48.7 Å². The van der Waals surface area contributed by atoms with Crippen LogP contribution in [0.2, 0.25) is 0 Å². The number of nitrogens with one attached hydrogen (secondary N) is 1. The summed E-state index contributed by atoms with van der Waals surface area (Å²) in [6, 6.07) is 0. The zero-order chi connectivity index (χ0) is 19.6. The number of hydrogen-bond donors (Lipinski definition) is 2. The van der Waals surface area contributed by atoms with Gasteiger partial charge >= 0.3 is 0 Å². The smallest absolute Gasteiger partial charge is 0.238 e. The lowest BCUT2D eigenvalue weighted by Crippen LogP contribution is -2.39. The van der Waals surface area contributed by atoms with E-state index in [0.29, 0.717) is 18.3 Å². The van der Waals surface area contributed by atoms with Gasteiger partial charge in [0.05, 0.1) is 23.6 Å². The minimum Gasteiger partial charge on any atom is -0.388 e. The molecule has 0 radical (unpaired) electrons. The van der Waals surface area contributed by atoms with E-state index in [0.717, 1.165) is 55.4 Å². The molecule has 1 amide bonds. The summed E-state index contributed by atoms with van der Waals surface area (Å²) in [5.74, 6) is 1.82. The van der Waals surface area contributed by atoms with Crippen molar-refractivity contribution in [1.82, 2.24) is 29.4 Å². The predicted octanol–water partition coefficient (Wildman–Crippen LogP) is 0.959. The zero-order valence-corrected chi connectivity index (χ0v) is 16.6. The van der Waals surface area contributed by atoms with Gasteiger partial charge in [-0.1, -0.05) is 0 Å². The lowest BCUT2D eigenvalue weighted by Gasteiger charge is -2.30. The van der Waals surface area contributed by atoms with Crippen LogP contribution in [0.5, 0.6) is 0 Å². The Labute approximate surface area is 159 Å². The number of aromatic nitrogens is 5. The second kappa shape index (κ2) is 8.18. The van der Waals surface area contributed by atoms with Crippen molar-refractivity contribution < 1.29 is 9.90 Å². The molecular formula is C18H29N7O2. The quantitative estimate of drug-likeness (QED) is 0.780. The fourth-order valence-electron chi connectivity index (χ4n) is 3.79. The third kappa shape index (κ3) is 4.03. The number of aliphatic hydroxyl groups excluding tert-OH is 1. The standard InChI is InChI=1S/C18H29N7O2/c1-5-25-13(3)17(12(2)22-25)19-16(27)10-24-8-6-14(7-9-24)18-21-20-15(11-26)23(18)4/h14,26H,5-11H2,1-4H3,(H,19,27). The summed E-state index contributed by atoms with van der Waals surface area (Å²) in [6.45, 7) is 8.68. The molecule has 0 atom stereocenters. The summed E-state index contributed by atoms with van der Waals surface area (Å²) in [5.41, 5.74) is 2.67. The van der Waals surface area contributed by atoms with E-state index in [2.05, 4.69) is 25.5 Å². The molecule has 2 aromatic heterocycles. The number of aliphatic hydroxyl groups is 1. The monoisotopic (exact) mass is 375 g/mol. The van der Waals surface area contributed by atoms with Crippen LogP contribution in [0.4, 0.5) is 5.69 Å². The lowest BCUT2D eigenvalue weighted by atomic mass is 9.96. The Morgan fingerprint density at radius 3 is 2.52 bits per heavy atom. The average molecular weight is 375 g/mol. The van der Waals surface area contributed by atoms with Crippen LogP contribution in [-0.2, 0) is 25.0 Å². The molecule has 9 nitrogen and oxygen atoms in total. The molecule has 148 valence electrons. The third-order valence-corrected chi connectivity index (χ3v) is 5.41. The maximum Gasteiger partial charge on any atom is 0.238 e. The molecule has 1 aliphatic rings. The van der Waals surface area contributed by atoms with Crippen LogP contribution in [0.15, 0.2) is 0 Å². The predicted molar refractivity (Wildman–Crippen MR) is 101 cm³/mol. The molecule has 0 spiro atoms. The van der Waals surface area contributed by atoms with E-state index < -0.39 is 0 Å². The Morgan fingerprint density at radius 2 is 1.96 bits per heavy atom. The van der Waals surface area contributed by atoms with Crippen LogP contribution in [0.25, 0.3) is 0 Å². The molecule has 1 fully saturated rings. The summed E-state index contributed by atoms with van der Waals surface area (Å²) in [7, 11) is 1.89. The van der Waals surface area contributed by atoms with Crippen LogP contribution >= 0.6 is 0 Å². The number of amides is 1. The normalized spacial score (nSPS) is 16.0. The first-order valence-electron chi connectivity index (χ1n) is 9.49. The van der Waals surface area contributed by atoms with E-state index in [1.807, 2.05) is 37.1 Å². The second-order valence-corrected chi connectivity index (χ2v) is 7.15. The number of piperidine rings is 1. The van der Waals surface area contributed by atoms with E-state index in [1.165, 1.54) is 0 Å². The molecule has 0 bridgehead atoms. The summed E-state index contributed by atoms with van der Waals surface area (Å²) in [5, 5.41) is 25.0. The molecule has 3 rings (SSSR count). The average Bonchev–Trinajstić information content (AvgIpc) is 3.16. The lowest BCUT2D eigenvalue weighted by molar-refractivity contribution is -0.117. The van der Waals surface area contributed by atoms with Gasteiger partial charge in [-0.05, 0) is 46.7 Å². The molecule has 3 heterocycles. The van der Waals surface area contributed by atoms with Gasteiger partial charge in [-0.3, -0.25) is 14.4 Å².